The average Bonchev–Trinajstić information content (AvgIpc) is 2.54. The highest BCUT2D eigenvalue weighted by Crippen LogP contribution is 2.28. The molecule has 110 valence electrons. The van der Waals surface area contributed by atoms with Crippen LogP contribution in [0.25, 0.3) is 0 Å². The lowest BCUT2D eigenvalue weighted by molar-refractivity contribution is 0.0933. The standard InChI is InChI=1S/C16H18N2O3/c1-11(12-7-9-17-10-8-12)18-16(19)15-13(20-2)5-4-6-14(15)21-3/h4-11H,1-3H3,(H,18,19). The molecule has 0 aliphatic carbocycles. The van der Waals surface area contributed by atoms with E-state index in [0.29, 0.717) is 17.1 Å². The van der Waals surface area contributed by atoms with Crippen LogP contribution in [0.2, 0.25) is 0 Å². The zero-order chi connectivity index (χ0) is 15.2. The van der Waals surface area contributed by atoms with Gasteiger partial charge in [-0.2, -0.15) is 0 Å². The van der Waals surface area contributed by atoms with Crippen molar-refractivity contribution >= 4 is 5.91 Å². The van der Waals surface area contributed by atoms with Crippen LogP contribution >= 0.6 is 0 Å². The van der Waals surface area contributed by atoms with Crippen molar-refractivity contribution in [1.82, 2.24) is 10.3 Å². The van der Waals surface area contributed by atoms with Gasteiger partial charge in [0.1, 0.15) is 17.1 Å². The number of benzene rings is 1. The molecule has 0 radical (unpaired) electrons. The third kappa shape index (κ3) is 3.31. The second-order valence-corrected chi connectivity index (χ2v) is 4.51. The monoisotopic (exact) mass is 286 g/mol. The van der Waals surface area contributed by atoms with Crippen LogP contribution in [-0.2, 0) is 0 Å². The lowest BCUT2D eigenvalue weighted by Gasteiger charge is -2.17. The first kappa shape index (κ1) is 14.8. The molecule has 1 aromatic carbocycles. The molecular formula is C16H18N2O3. The van der Waals surface area contributed by atoms with Gasteiger partial charge in [-0.05, 0) is 36.8 Å². The Balaban J connectivity index is 2.25. The lowest BCUT2D eigenvalue weighted by atomic mass is 10.1. The van der Waals surface area contributed by atoms with E-state index in [2.05, 4.69) is 10.3 Å². The van der Waals surface area contributed by atoms with Crippen LogP contribution in [0, 0.1) is 0 Å². The van der Waals surface area contributed by atoms with E-state index in [0.717, 1.165) is 5.56 Å². The maximum atomic E-state index is 12.5. The fourth-order valence-corrected chi connectivity index (χ4v) is 2.08. The number of methoxy groups -OCH3 is 2. The van der Waals surface area contributed by atoms with E-state index in [-0.39, 0.29) is 11.9 Å². The van der Waals surface area contributed by atoms with E-state index >= 15 is 0 Å². The van der Waals surface area contributed by atoms with Crippen molar-refractivity contribution in [3.8, 4) is 11.5 Å². The predicted molar refractivity (Wildman–Crippen MR) is 79.7 cm³/mol. The molecule has 5 nitrogen and oxygen atoms in total. The van der Waals surface area contributed by atoms with Crippen LogP contribution in [0.5, 0.6) is 11.5 Å². The van der Waals surface area contributed by atoms with Crippen molar-refractivity contribution in [2.75, 3.05) is 14.2 Å². The van der Waals surface area contributed by atoms with Gasteiger partial charge in [-0.3, -0.25) is 9.78 Å². The SMILES string of the molecule is COc1cccc(OC)c1C(=O)NC(C)c1ccncc1. The minimum absolute atomic E-state index is 0.143. The van der Waals surface area contributed by atoms with Gasteiger partial charge in [-0.25, -0.2) is 0 Å². The van der Waals surface area contributed by atoms with Crippen molar-refractivity contribution in [3.63, 3.8) is 0 Å². The van der Waals surface area contributed by atoms with Gasteiger partial charge in [0, 0.05) is 12.4 Å². The van der Waals surface area contributed by atoms with Crippen molar-refractivity contribution < 1.29 is 14.3 Å². The number of rotatable bonds is 5. The molecule has 2 aromatic rings. The molecule has 0 saturated heterocycles. The first-order valence-electron chi connectivity index (χ1n) is 6.59. The second kappa shape index (κ2) is 6.74. The quantitative estimate of drug-likeness (QED) is 0.917. The van der Waals surface area contributed by atoms with Gasteiger partial charge in [0.25, 0.3) is 5.91 Å². The number of hydrogen-bond donors (Lipinski definition) is 1. The molecule has 0 spiro atoms. The number of aromatic nitrogens is 1. The largest absolute Gasteiger partial charge is 0.496 e. The Morgan fingerprint density at radius 3 is 2.19 bits per heavy atom. The van der Waals surface area contributed by atoms with Crippen LogP contribution in [0.4, 0.5) is 0 Å². The molecule has 1 N–H and O–H groups in total. The molecule has 1 heterocycles. The topological polar surface area (TPSA) is 60.5 Å². The third-order valence-corrected chi connectivity index (χ3v) is 3.21. The van der Waals surface area contributed by atoms with Crippen molar-refractivity contribution in [3.05, 3.63) is 53.9 Å². The maximum Gasteiger partial charge on any atom is 0.259 e. The number of ether oxygens (including phenoxy) is 2. The van der Waals surface area contributed by atoms with Crippen LogP contribution in [0.15, 0.2) is 42.7 Å². The van der Waals surface area contributed by atoms with Crippen LogP contribution in [0.3, 0.4) is 0 Å². The summed E-state index contributed by atoms with van der Waals surface area (Å²) in [6, 6.07) is 8.83. The zero-order valence-electron chi connectivity index (χ0n) is 12.3. The minimum atomic E-state index is -0.242. The molecule has 0 aliphatic rings. The van der Waals surface area contributed by atoms with Gasteiger partial charge in [-0.1, -0.05) is 6.07 Å². The Kier molecular flexibility index (Phi) is 4.77. The summed E-state index contributed by atoms with van der Waals surface area (Å²) in [4.78, 5) is 16.5. The van der Waals surface area contributed by atoms with Crippen molar-refractivity contribution in [2.45, 2.75) is 13.0 Å². The number of carbonyl (C=O) groups excluding carboxylic acids is 1. The number of nitrogens with zero attached hydrogens (tertiary/aromatic N) is 1. The Morgan fingerprint density at radius 2 is 1.67 bits per heavy atom. The summed E-state index contributed by atoms with van der Waals surface area (Å²) in [5.41, 5.74) is 1.37. The third-order valence-electron chi connectivity index (χ3n) is 3.21. The van der Waals surface area contributed by atoms with E-state index in [9.17, 15) is 4.79 Å². The summed E-state index contributed by atoms with van der Waals surface area (Å²) in [5.74, 6) is 0.719. The molecule has 1 aromatic heterocycles. The average molecular weight is 286 g/mol. The Hall–Kier alpha value is -2.56. The van der Waals surface area contributed by atoms with Crippen LogP contribution < -0.4 is 14.8 Å². The number of pyridine rings is 1. The molecule has 5 heteroatoms. The Labute approximate surface area is 123 Å². The Bertz CT molecular complexity index is 592. The summed E-state index contributed by atoms with van der Waals surface area (Å²) in [6.45, 7) is 1.91. The van der Waals surface area contributed by atoms with E-state index in [4.69, 9.17) is 9.47 Å². The summed E-state index contributed by atoms with van der Waals surface area (Å²) in [6.07, 6.45) is 3.39. The molecule has 0 fully saturated rings. The number of nitrogens with one attached hydrogen (secondary N) is 1. The smallest absolute Gasteiger partial charge is 0.259 e. The summed E-state index contributed by atoms with van der Waals surface area (Å²) >= 11 is 0. The summed E-state index contributed by atoms with van der Waals surface area (Å²) < 4.78 is 10.5. The molecule has 0 saturated carbocycles. The number of amides is 1. The highest BCUT2D eigenvalue weighted by molar-refractivity contribution is 5.99. The predicted octanol–water partition coefficient (Wildman–Crippen LogP) is 2.59. The van der Waals surface area contributed by atoms with Crippen molar-refractivity contribution in [1.29, 1.82) is 0 Å². The number of carbonyl (C=O) groups is 1. The first-order valence-corrected chi connectivity index (χ1v) is 6.59. The molecule has 21 heavy (non-hydrogen) atoms. The highest BCUT2D eigenvalue weighted by atomic mass is 16.5. The van der Waals surface area contributed by atoms with Gasteiger partial charge < -0.3 is 14.8 Å². The van der Waals surface area contributed by atoms with Crippen molar-refractivity contribution in [2.24, 2.45) is 0 Å². The van der Waals surface area contributed by atoms with Crippen LogP contribution in [0.1, 0.15) is 28.9 Å². The maximum absolute atomic E-state index is 12.5. The van der Waals surface area contributed by atoms with Gasteiger partial charge in [0.2, 0.25) is 0 Å². The van der Waals surface area contributed by atoms with E-state index < -0.39 is 0 Å². The van der Waals surface area contributed by atoms with Gasteiger partial charge in [0.15, 0.2) is 0 Å². The summed E-state index contributed by atoms with van der Waals surface area (Å²) in [5, 5.41) is 2.94. The molecule has 0 bridgehead atoms. The zero-order valence-corrected chi connectivity index (χ0v) is 12.3. The molecule has 1 unspecified atom stereocenters. The fraction of sp³-hybridized carbons (Fsp3) is 0.250. The van der Waals surface area contributed by atoms with Crippen LogP contribution in [-0.4, -0.2) is 25.1 Å². The lowest BCUT2D eigenvalue weighted by Crippen LogP contribution is -2.27. The highest BCUT2D eigenvalue weighted by Gasteiger charge is 2.20. The molecule has 1 amide bonds. The number of hydrogen-bond acceptors (Lipinski definition) is 4. The first-order chi connectivity index (χ1) is 10.2. The molecule has 0 aliphatic heterocycles. The molecule has 2 rings (SSSR count). The van der Waals surface area contributed by atoms with E-state index in [1.54, 1.807) is 30.6 Å². The summed E-state index contributed by atoms with van der Waals surface area (Å²) in [7, 11) is 3.05. The van der Waals surface area contributed by atoms with E-state index in [1.165, 1.54) is 14.2 Å². The normalized spacial score (nSPS) is 11.6. The molecule has 1 atom stereocenters. The Morgan fingerprint density at radius 1 is 1.10 bits per heavy atom. The van der Waals surface area contributed by atoms with Gasteiger partial charge in [0.05, 0.1) is 20.3 Å². The molecular weight excluding hydrogens is 268 g/mol. The second-order valence-electron chi connectivity index (χ2n) is 4.51. The minimum Gasteiger partial charge on any atom is -0.496 e. The fourth-order valence-electron chi connectivity index (χ4n) is 2.08. The van der Waals surface area contributed by atoms with Gasteiger partial charge in [-0.15, -0.1) is 0 Å². The van der Waals surface area contributed by atoms with Gasteiger partial charge >= 0.3 is 0 Å². The van der Waals surface area contributed by atoms with E-state index in [1.807, 2.05) is 19.1 Å².